The lowest BCUT2D eigenvalue weighted by molar-refractivity contribution is 0.0661. The van der Waals surface area contributed by atoms with Crippen molar-refractivity contribution in [1.29, 1.82) is 0 Å². The van der Waals surface area contributed by atoms with Crippen LogP contribution < -0.4 is 9.46 Å². The van der Waals surface area contributed by atoms with E-state index in [2.05, 4.69) is 4.72 Å². The van der Waals surface area contributed by atoms with Crippen LogP contribution in [-0.4, -0.2) is 26.6 Å². The van der Waals surface area contributed by atoms with Crippen molar-refractivity contribution in [3.8, 4) is 5.75 Å². The highest BCUT2D eigenvalue weighted by atomic mass is 32.2. The Morgan fingerprint density at radius 1 is 1.29 bits per heavy atom. The molecule has 8 heteroatoms. The van der Waals surface area contributed by atoms with Gasteiger partial charge >= 0.3 is 5.97 Å². The number of furan rings is 1. The van der Waals surface area contributed by atoms with E-state index in [9.17, 15) is 13.2 Å². The Hall–Kier alpha value is -2.48. The van der Waals surface area contributed by atoms with E-state index < -0.39 is 21.8 Å². The molecule has 0 aliphatic rings. The first-order valence-corrected chi connectivity index (χ1v) is 7.32. The number of anilines is 1. The number of aromatic carboxylic acids is 1. The van der Waals surface area contributed by atoms with Gasteiger partial charge < -0.3 is 14.3 Å². The topological polar surface area (TPSA) is 106 Å². The van der Waals surface area contributed by atoms with E-state index in [1.165, 1.54) is 26.2 Å². The average Bonchev–Trinajstić information content (AvgIpc) is 2.82. The second-order valence-electron chi connectivity index (χ2n) is 4.17. The fraction of sp³-hybridized carbons (Fsp3) is 0.154. The highest BCUT2D eigenvalue weighted by Crippen LogP contribution is 2.24. The van der Waals surface area contributed by atoms with Crippen molar-refractivity contribution in [1.82, 2.24) is 0 Å². The highest BCUT2D eigenvalue weighted by molar-refractivity contribution is 7.92. The molecule has 0 aliphatic carbocycles. The first kappa shape index (κ1) is 14.9. The second kappa shape index (κ2) is 5.49. The number of benzene rings is 1. The van der Waals surface area contributed by atoms with Gasteiger partial charge in [0.2, 0.25) is 5.76 Å². The van der Waals surface area contributed by atoms with Crippen molar-refractivity contribution >= 4 is 21.7 Å². The van der Waals surface area contributed by atoms with E-state index in [1.807, 2.05) is 0 Å². The van der Waals surface area contributed by atoms with E-state index in [0.29, 0.717) is 11.4 Å². The van der Waals surface area contributed by atoms with Crippen LogP contribution in [0.2, 0.25) is 0 Å². The number of hydrogen-bond acceptors (Lipinski definition) is 5. The molecule has 1 aromatic carbocycles. The third-order valence-electron chi connectivity index (χ3n) is 2.71. The number of carbonyl (C=O) groups is 1. The van der Waals surface area contributed by atoms with Crippen molar-refractivity contribution in [3.63, 3.8) is 0 Å². The normalized spacial score (nSPS) is 11.1. The SMILES string of the molecule is COc1ccc(NS(=O)(=O)c2cc(C(=O)O)oc2C)cc1. The minimum atomic E-state index is -3.92. The molecule has 0 unspecified atom stereocenters. The monoisotopic (exact) mass is 311 g/mol. The number of methoxy groups -OCH3 is 1. The number of nitrogens with one attached hydrogen (secondary N) is 1. The Balaban J connectivity index is 2.31. The van der Waals surface area contributed by atoms with Crippen LogP contribution in [0.15, 0.2) is 39.6 Å². The van der Waals surface area contributed by atoms with Crippen molar-refractivity contribution in [2.45, 2.75) is 11.8 Å². The quantitative estimate of drug-likeness (QED) is 0.876. The second-order valence-corrected chi connectivity index (χ2v) is 5.82. The van der Waals surface area contributed by atoms with E-state index in [0.717, 1.165) is 6.07 Å². The Morgan fingerprint density at radius 3 is 2.38 bits per heavy atom. The van der Waals surface area contributed by atoms with Gasteiger partial charge in [-0.1, -0.05) is 0 Å². The van der Waals surface area contributed by atoms with E-state index in [4.69, 9.17) is 14.3 Å². The average molecular weight is 311 g/mol. The molecule has 0 amide bonds. The molecule has 0 aliphatic heterocycles. The molecule has 0 saturated heterocycles. The molecule has 0 atom stereocenters. The van der Waals surface area contributed by atoms with Crippen molar-refractivity contribution < 1.29 is 27.5 Å². The molecule has 0 saturated carbocycles. The van der Waals surface area contributed by atoms with Crippen LogP contribution in [0.4, 0.5) is 5.69 Å². The van der Waals surface area contributed by atoms with E-state index >= 15 is 0 Å². The van der Waals surface area contributed by atoms with Gasteiger partial charge in [0.25, 0.3) is 10.0 Å². The molecule has 2 rings (SSSR count). The molecular formula is C13H13NO6S. The molecule has 1 heterocycles. The number of sulfonamides is 1. The standard InChI is InChI=1S/C13H13NO6S/c1-8-12(7-11(20-8)13(15)16)21(17,18)14-9-3-5-10(19-2)6-4-9/h3-7,14H,1-2H3,(H,15,16). The van der Waals surface area contributed by atoms with E-state index in [-0.39, 0.29) is 10.7 Å². The minimum absolute atomic E-state index is 0.00779. The summed E-state index contributed by atoms with van der Waals surface area (Å²) in [5, 5.41) is 8.81. The summed E-state index contributed by atoms with van der Waals surface area (Å²) in [5.41, 5.74) is 0.327. The minimum Gasteiger partial charge on any atom is -0.497 e. The fourth-order valence-electron chi connectivity index (χ4n) is 1.71. The summed E-state index contributed by atoms with van der Waals surface area (Å²) in [6, 6.07) is 7.24. The van der Waals surface area contributed by atoms with Gasteiger partial charge in [0.15, 0.2) is 0 Å². The number of rotatable bonds is 5. The maximum Gasteiger partial charge on any atom is 0.371 e. The van der Waals surface area contributed by atoms with Gasteiger partial charge in [0.05, 0.1) is 7.11 Å². The van der Waals surface area contributed by atoms with Crippen LogP contribution in [0.25, 0.3) is 0 Å². The van der Waals surface area contributed by atoms with Crippen LogP contribution in [0.3, 0.4) is 0 Å². The molecule has 0 bridgehead atoms. The summed E-state index contributed by atoms with van der Waals surface area (Å²) >= 11 is 0. The van der Waals surface area contributed by atoms with Crippen LogP contribution in [-0.2, 0) is 10.0 Å². The number of aryl methyl sites for hydroxylation is 1. The lowest BCUT2D eigenvalue weighted by Crippen LogP contribution is -2.13. The molecule has 21 heavy (non-hydrogen) atoms. The lowest BCUT2D eigenvalue weighted by Gasteiger charge is -2.07. The first-order valence-electron chi connectivity index (χ1n) is 5.84. The first-order chi connectivity index (χ1) is 9.83. The predicted octanol–water partition coefficient (Wildman–Crippen LogP) is 2.10. The van der Waals surface area contributed by atoms with Crippen molar-refractivity contribution in [3.05, 3.63) is 41.9 Å². The highest BCUT2D eigenvalue weighted by Gasteiger charge is 2.23. The van der Waals surface area contributed by atoms with Crippen molar-refractivity contribution in [2.24, 2.45) is 0 Å². The molecule has 0 spiro atoms. The van der Waals surface area contributed by atoms with Crippen molar-refractivity contribution in [2.75, 3.05) is 11.8 Å². The van der Waals surface area contributed by atoms with Crippen LogP contribution in [0, 0.1) is 6.92 Å². The van der Waals surface area contributed by atoms with Gasteiger partial charge in [0, 0.05) is 11.8 Å². The number of ether oxygens (including phenoxy) is 1. The van der Waals surface area contributed by atoms with Gasteiger partial charge in [-0.15, -0.1) is 0 Å². The van der Waals surface area contributed by atoms with E-state index in [1.54, 1.807) is 12.1 Å². The maximum atomic E-state index is 12.2. The van der Waals surface area contributed by atoms with Gasteiger partial charge in [-0.3, -0.25) is 4.72 Å². The summed E-state index contributed by atoms with van der Waals surface area (Å²) in [7, 11) is -2.42. The Labute approximate surface area is 121 Å². The smallest absolute Gasteiger partial charge is 0.371 e. The van der Waals surface area contributed by atoms with Gasteiger partial charge in [-0.2, -0.15) is 0 Å². The summed E-state index contributed by atoms with van der Waals surface area (Å²) in [5.74, 6) is -1.16. The predicted molar refractivity (Wildman–Crippen MR) is 74.2 cm³/mol. The Morgan fingerprint density at radius 2 is 1.90 bits per heavy atom. The molecule has 112 valence electrons. The molecule has 1 aromatic heterocycles. The van der Waals surface area contributed by atoms with Crippen LogP contribution >= 0.6 is 0 Å². The Bertz CT molecular complexity index is 760. The zero-order valence-corrected chi connectivity index (χ0v) is 12.1. The molecule has 0 radical (unpaired) electrons. The third-order valence-corrected chi connectivity index (χ3v) is 4.20. The molecule has 0 fully saturated rings. The zero-order valence-electron chi connectivity index (χ0n) is 11.3. The Kier molecular flexibility index (Phi) is 3.90. The van der Waals surface area contributed by atoms with Gasteiger partial charge in [0.1, 0.15) is 16.4 Å². The summed E-state index contributed by atoms with van der Waals surface area (Å²) in [6.07, 6.45) is 0. The van der Waals surface area contributed by atoms with Crippen LogP contribution in [0.1, 0.15) is 16.3 Å². The number of hydrogen-bond donors (Lipinski definition) is 2. The molecular weight excluding hydrogens is 298 g/mol. The third kappa shape index (κ3) is 3.16. The largest absolute Gasteiger partial charge is 0.497 e. The summed E-state index contributed by atoms with van der Waals surface area (Å²) in [4.78, 5) is 10.6. The summed E-state index contributed by atoms with van der Waals surface area (Å²) in [6.45, 7) is 1.38. The molecule has 2 N–H and O–H groups in total. The fourth-order valence-corrected chi connectivity index (χ4v) is 2.95. The number of carboxylic acid groups (broad SMARTS) is 1. The summed E-state index contributed by atoms with van der Waals surface area (Å²) < 4.78 is 36.7. The molecule has 2 aromatic rings. The van der Waals surface area contributed by atoms with Gasteiger partial charge in [-0.05, 0) is 31.2 Å². The molecule has 7 nitrogen and oxygen atoms in total. The van der Waals surface area contributed by atoms with Gasteiger partial charge in [-0.25, -0.2) is 13.2 Å². The number of carboxylic acids is 1. The lowest BCUT2D eigenvalue weighted by atomic mass is 10.3. The zero-order chi connectivity index (χ0) is 15.6. The van der Waals surface area contributed by atoms with Crippen LogP contribution in [0.5, 0.6) is 5.75 Å². The maximum absolute atomic E-state index is 12.2.